The summed E-state index contributed by atoms with van der Waals surface area (Å²) in [4.78, 5) is 12.1. The van der Waals surface area contributed by atoms with Gasteiger partial charge in [-0.25, -0.2) is 0 Å². The molecule has 2 aromatic rings. The van der Waals surface area contributed by atoms with Crippen molar-refractivity contribution in [3.63, 3.8) is 0 Å². The van der Waals surface area contributed by atoms with Gasteiger partial charge in [-0.15, -0.1) is 0 Å². The molecule has 0 atom stereocenters. The maximum Gasteiger partial charge on any atom is 0.269 e. The molecule has 0 spiro atoms. The van der Waals surface area contributed by atoms with Crippen LogP contribution in [0.3, 0.4) is 0 Å². The number of hydrogen-bond acceptors (Lipinski definition) is 3. The minimum Gasteiger partial charge on any atom is -0.394 e. The summed E-state index contributed by atoms with van der Waals surface area (Å²) in [5.74, 6) is -0.220. The molecule has 1 fully saturated rings. The molecule has 1 heterocycles. The Bertz CT molecular complexity index is 627. The van der Waals surface area contributed by atoms with E-state index in [4.69, 9.17) is 0 Å². The van der Waals surface area contributed by atoms with E-state index in [1.807, 2.05) is 31.2 Å². The third-order valence-electron chi connectivity index (χ3n) is 3.70. The number of carbonyl (C=O) groups excluding carboxylic acids is 1. The molecule has 0 aliphatic heterocycles. The summed E-state index contributed by atoms with van der Waals surface area (Å²) >= 11 is 0. The van der Waals surface area contributed by atoms with Gasteiger partial charge in [-0.2, -0.15) is 5.10 Å². The minimum atomic E-state index is -0.411. The van der Waals surface area contributed by atoms with Gasteiger partial charge >= 0.3 is 0 Å². The molecule has 5 nitrogen and oxygen atoms in total. The number of aromatic nitrogens is 2. The third kappa shape index (κ3) is 2.44. The topological polar surface area (TPSA) is 78.0 Å². The van der Waals surface area contributed by atoms with E-state index in [9.17, 15) is 9.90 Å². The second kappa shape index (κ2) is 4.76. The van der Waals surface area contributed by atoms with Crippen molar-refractivity contribution in [1.29, 1.82) is 0 Å². The fourth-order valence-corrected chi connectivity index (χ4v) is 2.09. The Morgan fingerprint density at radius 3 is 2.70 bits per heavy atom. The van der Waals surface area contributed by atoms with Gasteiger partial charge in [-0.05, 0) is 25.8 Å². The number of amides is 1. The predicted octanol–water partition coefficient (Wildman–Crippen LogP) is 1.64. The highest BCUT2D eigenvalue weighted by Gasteiger charge is 2.43. The Morgan fingerprint density at radius 1 is 1.40 bits per heavy atom. The van der Waals surface area contributed by atoms with Crippen molar-refractivity contribution in [3.8, 4) is 11.3 Å². The molecule has 1 amide bonds. The SMILES string of the molecule is Cc1ccc(-c2cc(C(=O)NC3(CO)CC3)[nH]n2)cc1. The summed E-state index contributed by atoms with van der Waals surface area (Å²) in [7, 11) is 0. The molecule has 5 heteroatoms. The molecule has 3 N–H and O–H groups in total. The summed E-state index contributed by atoms with van der Waals surface area (Å²) in [6, 6.07) is 9.70. The average molecular weight is 271 g/mol. The zero-order valence-electron chi connectivity index (χ0n) is 11.3. The summed E-state index contributed by atoms with van der Waals surface area (Å²) in [6.45, 7) is 2.01. The number of H-pyrrole nitrogens is 1. The average Bonchev–Trinajstić information content (AvgIpc) is 3.04. The molecule has 0 radical (unpaired) electrons. The van der Waals surface area contributed by atoms with Gasteiger partial charge in [-0.1, -0.05) is 29.8 Å². The second-order valence-corrected chi connectivity index (χ2v) is 5.43. The van der Waals surface area contributed by atoms with Crippen LogP contribution >= 0.6 is 0 Å². The van der Waals surface area contributed by atoms with Crippen LogP contribution in [0.15, 0.2) is 30.3 Å². The fourth-order valence-electron chi connectivity index (χ4n) is 2.09. The quantitative estimate of drug-likeness (QED) is 0.791. The maximum atomic E-state index is 12.1. The summed E-state index contributed by atoms with van der Waals surface area (Å²) in [6.07, 6.45) is 1.66. The van der Waals surface area contributed by atoms with E-state index >= 15 is 0 Å². The van der Waals surface area contributed by atoms with Gasteiger partial charge in [0.15, 0.2) is 0 Å². The van der Waals surface area contributed by atoms with Crippen molar-refractivity contribution in [2.75, 3.05) is 6.61 Å². The smallest absolute Gasteiger partial charge is 0.269 e. The molecule has 20 heavy (non-hydrogen) atoms. The molecule has 0 saturated heterocycles. The van der Waals surface area contributed by atoms with Crippen molar-refractivity contribution in [2.45, 2.75) is 25.3 Å². The summed E-state index contributed by atoms with van der Waals surface area (Å²) < 4.78 is 0. The third-order valence-corrected chi connectivity index (χ3v) is 3.70. The molecule has 1 saturated carbocycles. The first-order valence-corrected chi connectivity index (χ1v) is 6.68. The number of nitrogens with zero attached hydrogens (tertiary/aromatic N) is 1. The monoisotopic (exact) mass is 271 g/mol. The van der Waals surface area contributed by atoms with E-state index in [1.165, 1.54) is 5.56 Å². The molecule has 1 aromatic heterocycles. The van der Waals surface area contributed by atoms with Crippen LogP contribution in [-0.2, 0) is 0 Å². The first-order valence-electron chi connectivity index (χ1n) is 6.68. The van der Waals surface area contributed by atoms with Gasteiger partial charge in [0.2, 0.25) is 0 Å². The number of carbonyl (C=O) groups is 1. The number of aryl methyl sites for hydroxylation is 1. The van der Waals surface area contributed by atoms with E-state index in [0.717, 1.165) is 24.1 Å². The van der Waals surface area contributed by atoms with E-state index < -0.39 is 5.54 Å². The first kappa shape index (κ1) is 12.9. The highest BCUT2D eigenvalue weighted by atomic mass is 16.3. The summed E-state index contributed by atoms with van der Waals surface area (Å²) in [5, 5.41) is 19.0. The van der Waals surface area contributed by atoms with Gasteiger partial charge in [-0.3, -0.25) is 9.89 Å². The van der Waals surface area contributed by atoms with Crippen molar-refractivity contribution in [3.05, 3.63) is 41.6 Å². The predicted molar refractivity (Wildman–Crippen MR) is 75.3 cm³/mol. The normalized spacial score (nSPS) is 15.9. The van der Waals surface area contributed by atoms with Crippen LogP contribution in [-0.4, -0.2) is 33.4 Å². The van der Waals surface area contributed by atoms with E-state index in [0.29, 0.717) is 5.69 Å². The molecule has 1 aliphatic rings. The van der Waals surface area contributed by atoms with Crippen molar-refractivity contribution >= 4 is 5.91 Å². The molecule has 104 valence electrons. The minimum absolute atomic E-state index is 0.0162. The van der Waals surface area contributed by atoms with E-state index in [1.54, 1.807) is 6.07 Å². The highest BCUT2D eigenvalue weighted by Crippen LogP contribution is 2.34. The van der Waals surface area contributed by atoms with E-state index in [2.05, 4.69) is 15.5 Å². The molecule has 0 unspecified atom stereocenters. The highest BCUT2D eigenvalue weighted by molar-refractivity contribution is 5.94. The summed E-state index contributed by atoms with van der Waals surface area (Å²) in [5.41, 5.74) is 2.89. The lowest BCUT2D eigenvalue weighted by molar-refractivity contribution is 0.0901. The van der Waals surface area contributed by atoms with Crippen LogP contribution in [0.2, 0.25) is 0 Å². The molecular formula is C15H17N3O2. The number of hydrogen-bond donors (Lipinski definition) is 3. The Morgan fingerprint density at radius 2 is 2.10 bits per heavy atom. The van der Waals surface area contributed by atoms with Crippen molar-refractivity contribution in [2.24, 2.45) is 0 Å². The van der Waals surface area contributed by atoms with Crippen LogP contribution in [0.25, 0.3) is 11.3 Å². The van der Waals surface area contributed by atoms with Crippen LogP contribution in [0.4, 0.5) is 0 Å². The number of aromatic amines is 1. The number of rotatable bonds is 4. The molecular weight excluding hydrogens is 254 g/mol. The van der Waals surface area contributed by atoms with Gasteiger partial charge in [0.25, 0.3) is 5.91 Å². The Balaban J connectivity index is 1.76. The zero-order valence-corrected chi connectivity index (χ0v) is 11.3. The van der Waals surface area contributed by atoms with Gasteiger partial charge in [0.1, 0.15) is 5.69 Å². The molecule has 0 bridgehead atoms. The van der Waals surface area contributed by atoms with Crippen molar-refractivity contribution in [1.82, 2.24) is 15.5 Å². The standard InChI is InChI=1S/C15H17N3O2/c1-10-2-4-11(5-3-10)12-8-13(18-17-12)14(20)16-15(9-19)6-7-15/h2-5,8,19H,6-7,9H2,1H3,(H,16,20)(H,17,18). The molecule has 1 aliphatic carbocycles. The largest absolute Gasteiger partial charge is 0.394 e. The number of nitrogens with one attached hydrogen (secondary N) is 2. The Kier molecular flexibility index (Phi) is 3.06. The number of benzene rings is 1. The van der Waals surface area contributed by atoms with E-state index in [-0.39, 0.29) is 12.5 Å². The lowest BCUT2D eigenvalue weighted by Gasteiger charge is -2.12. The fraction of sp³-hybridized carbons (Fsp3) is 0.333. The van der Waals surface area contributed by atoms with Gasteiger partial charge in [0, 0.05) is 5.56 Å². The second-order valence-electron chi connectivity index (χ2n) is 5.43. The van der Waals surface area contributed by atoms with Gasteiger partial charge in [0.05, 0.1) is 17.8 Å². The van der Waals surface area contributed by atoms with Crippen LogP contribution < -0.4 is 5.32 Å². The zero-order chi connectivity index (χ0) is 14.2. The van der Waals surface area contributed by atoms with Crippen LogP contribution in [0, 0.1) is 6.92 Å². The lowest BCUT2D eigenvalue weighted by atomic mass is 10.1. The van der Waals surface area contributed by atoms with Crippen molar-refractivity contribution < 1.29 is 9.90 Å². The lowest BCUT2D eigenvalue weighted by Crippen LogP contribution is -2.39. The molecule has 3 rings (SSSR count). The number of aliphatic hydroxyl groups excluding tert-OH is 1. The van der Waals surface area contributed by atoms with Gasteiger partial charge < -0.3 is 10.4 Å². The maximum absolute atomic E-state index is 12.1. The van der Waals surface area contributed by atoms with Crippen LogP contribution in [0.1, 0.15) is 28.9 Å². The molecule has 1 aromatic carbocycles. The van der Waals surface area contributed by atoms with Crippen LogP contribution in [0.5, 0.6) is 0 Å². The first-order chi connectivity index (χ1) is 9.62. The Hall–Kier alpha value is -2.14. The Labute approximate surface area is 117 Å². The number of aliphatic hydroxyl groups is 1.